The first-order valence-electron chi connectivity index (χ1n) is 5.57. The molecule has 1 rings (SSSR count). The molecule has 1 aromatic rings. The van der Waals surface area contributed by atoms with Crippen molar-refractivity contribution in [1.29, 1.82) is 0 Å². The summed E-state index contributed by atoms with van der Waals surface area (Å²) in [6, 6.07) is 8.03. The Bertz CT molecular complexity index is 306. The molecule has 1 atom stereocenters. The van der Waals surface area contributed by atoms with Crippen LogP contribution in [0.3, 0.4) is 0 Å². The van der Waals surface area contributed by atoms with Crippen molar-refractivity contribution in [2.45, 2.75) is 25.4 Å². The fraction of sp³-hybridized carbons (Fsp3) is 0.538. The van der Waals surface area contributed by atoms with E-state index in [1.807, 2.05) is 31.2 Å². The standard InChI is InChI=1S/C13H20FNO/c1-13(10-15,16-2)12-7-5-11(6-8-12)4-3-9-14/h5-8H,3-4,9-10,15H2,1-2H3. The zero-order valence-electron chi connectivity index (χ0n) is 10.0. The Morgan fingerprint density at radius 3 is 2.38 bits per heavy atom. The molecule has 0 radical (unpaired) electrons. The highest BCUT2D eigenvalue weighted by Crippen LogP contribution is 2.23. The molecule has 16 heavy (non-hydrogen) atoms. The lowest BCUT2D eigenvalue weighted by Crippen LogP contribution is -2.33. The van der Waals surface area contributed by atoms with Gasteiger partial charge in [-0.3, -0.25) is 4.39 Å². The molecule has 0 saturated heterocycles. The molecule has 0 aliphatic carbocycles. The number of aryl methyl sites for hydroxylation is 1. The average Bonchev–Trinajstić information content (AvgIpc) is 2.36. The fourth-order valence-corrected chi connectivity index (χ4v) is 1.61. The summed E-state index contributed by atoms with van der Waals surface area (Å²) in [6.45, 7) is 2.14. The van der Waals surface area contributed by atoms with E-state index in [9.17, 15) is 4.39 Å². The lowest BCUT2D eigenvalue weighted by molar-refractivity contribution is 0.0101. The summed E-state index contributed by atoms with van der Waals surface area (Å²) in [5, 5.41) is 0. The van der Waals surface area contributed by atoms with Crippen LogP contribution in [-0.4, -0.2) is 20.3 Å². The van der Waals surface area contributed by atoms with Gasteiger partial charge in [-0.1, -0.05) is 24.3 Å². The second-order valence-electron chi connectivity index (χ2n) is 4.13. The van der Waals surface area contributed by atoms with E-state index in [0.29, 0.717) is 13.0 Å². The van der Waals surface area contributed by atoms with Gasteiger partial charge in [0.25, 0.3) is 0 Å². The molecule has 1 unspecified atom stereocenters. The minimum absolute atomic E-state index is 0.264. The summed E-state index contributed by atoms with van der Waals surface area (Å²) in [6.07, 6.45) is 1.36. The van der Waals surface area contributed by atoms with Crippen LogP contribution in [0.2, 0.25) is 0 Å². The summed E-state index contributed by atoms with van der Waals surface area (Å²) in [5.41, 5.74) is 7.47. The topological polar surface area (TPSA) is 35.2 Å². The number of methoxy groups -OCH3 is 1. The van der Waals surface area contributed by atoms with Crippen LogP contribution >= 0.6 is 0 Å². The second-order valence-corrected chi connectivity index (χ2v) is 4.13. The van der Waals surface area contributed by atoms with Crippen LogP contribution in [0.15, 0.2) is 24.3 Å². The van der Waals surface area contributed by atoms with Crippen molar-refractivity contribution in [3.8, 4) is 0 Å². The fourth-order valence-electron chi connectivity index (χ4n) is 1.61. The highest BCUT2D eigenvalue weighted by molar-refractivity contribution is 5.27. The first-order chi connectivity index (χ1) is 7.66. The summed E-state index contributed by atoms with van der Waals surface area (Å²) in [5.74, 6) is 0. The monoisotopic (exact) mass is 225 g/mol. The van der Waals surface area contributed by atoms with E-state index in [1.54, 1.807) is 7.11 Å². The van der Waals surface area contributed by atoms with Gasteiger partial charge in [-0.2, -0.15) is 0 Å². The molecular weight excluding hydrogens is 205 g/mol. The maximum atomic E-state index is 12.0. The first kappa shape index (κ1) is 13.1. The number of alkyl halides is 1. The van der Waals surface area contributed by atoms with Gasteiger partial charge in [0.05, 0.1) is 6.67 Å². The molecule has 2 nitrogen and oxygen atoms in total. The van der Waals surface area contributed by atoms with Gasteiger partial charge in [0, 0.05) is 13.7 Å². The van der Waals surface area contributed by atoms with Crippen LogP contribution in [-0.2, 0) is 16.8 Å². The molecule has 0 saturated carbocycles. The zero-order chi connectivity index (χ0) is 12.0. The zero-order valence-corrected chi connectivity index (χ0v) is 10.0. The molecular formula is C13H20FNO. The lowest BCUT2D eigenvalue weighted by atomic mass is 9.94. The Morgan fingerprint density at radius 2 is 1.94 bits per heavy atom. The van der Waals surface area contributed by atoms with Gasteiger partial charge < -0.3 is 10.5 Å². The number of rotatable bonds is 6. The summed E-state index contributed by atoms with van der Waals surface area (Å²) in [7, 11) is 1.66. The molecule has 90 valence electrons. The Kier molecular flexibility index (Phi) is 4.90. The highest BCUT2D eigenvalue weighted by Gasteiger charge is 2.23. The van der Waals surface area contributed by atoms with Crippen molar-refractivity contribution < 1.29 is 9.13 Å². The smallest absolute Gasteiger partial charge is 0.102 e. The van der Waals surface area contributed by atoms with Crippen molar-refractivity contribution in [2.24, 2.45) is 5.73 Å². The predicted molar refractivity (Wildman–Crippen MR) is 64.2 cm³/mol. The van der Waals surface area contributed by atoms with Crippen LogP contribution in [0.25, 0.3) is 0 Å². The van der Waals surface area contributed by atoms with Crippen molar-refractivity contribution in [1.82, 2.24) is 0 Å². The van der Waals surface area contributed by atoms with E-state index in [2.05, 4.69) is 0 Å². The molecule has 0 aliphatic rings. The molecule has 0 amide bonds. The highest BCUT2D eigenvalue weighted by atomic mass is 19.1. The molecule has 2 N–H and O–H groups in total. The summed E-state index contributed by atoms with van der Waals surface area (Å²) in [4.78, 5) is 0. The maximum absolute atomic E-state index is 12.0. The third-order valence-electron chi connectivity index (χ3n) is 3.00. The normalized spacial score (nSPS) is 14.8. The molecule has 0 bridgehead atoms. The van der Waals surface area contributed by atoms with Crippen LogP contribution < -0.4 is 5.73 Å². The van der Waals surface area contributed by atoms with E-state index in [1.165, 1.54) is 0 Å². The molecule has 0 heterocycles. The Hall–Kier alpha value is -0.930. The minimum Gasteiger partial charge on any atom is -0.372 e. The summed E-state index contributed by atoms with van der Waals surface area (Å²) >= 11 is 0. The van der Waals surface area contributed by atoms with Crippen LogP contribution in [0.1, 0.15) is 24.5 Å². The van der Waals surface area contributed by atoms with Gasteiger partial charge in [-0.05, 0) is 30.9 Å². The number of hydrogen-bond acceptors (Lipinski definition) is 2. The van der Waals surface area contributed by atoms with Gasteiger partial charge >= 0.3 is 0 Å². The Balaban J connectivity index is 2.77. The van der Waals surface area contributed by atoms with E-state index in [-0.39, 0.29) is 6.67 Å². The molecule has 0 spiro atoms. The minimum atomic E-state index is -0.432. The first-order valence-corrected chi connectivity index (χ1v) is 5.57. The molecule has 1 aromatic carbocycles. The van der Waals surface area contributed by atoms with Crippen molar-refractivity contribution in [3.63, 3.8) is 0 Å². The number of halogens is 1. The van der Waals surface area contributed by atoms with Crippen molar-refractivity contribution in [3.05, 3.63) is 35.4 Å². The van der Waals surface area contributed by atoms with E-state index in [4.69, 9.17) is 10.5 Å². The molecule has 0 fully saturated rings. The van der Waals surface area contributed by atoms with Crippen LogP contribution in [0, 0.1) is 0 Å². The number of ether oxygens (including phenoxy) is 1. The SMILES string of the molecule is COC(C)(CN)c1ccc(CCCF)cc1. The van der Waals surface area contributed by atoms with Crippen LogP contribution in [0.5, 0.6) is 0 Å². The third kappa shape index (κ3) is 3.03. The lowest BCUT2D eigenvalue weighted by Gasteiger charge is -2.27. The van der Waals surface area contributed by atoms with E-state index in [0.717, 1.165) is 17.5 Å². The van der Waals surface area contributed by atoms with Gasteiger partial charge in [-0.15, -0.1) is 0 Å². The van der Waals surface area contributed by atoms with E-state index < -0.39 is 5.60 Å². The molecule has 0 aromatic heterocycles. The maximum Gasteiger partial charge on any atom is 0.102 e. The second kappa shape index (κ2) is 5.97. The number of hydrogen-bond donors (Lipinski definition) is 1. The van der Waals surface area contributed by atoms with Gasteiger partial charge in [0.15, 0.2) is 0 Å². The van der Waals surface area contributed by atoms with Gasteiger partial charge in [0.1, 0.15) is 5.60 Å². The van der Waals surface area contributed by atoms with Crippen molar-refractivity contribution in [2.75, 3.05) is 20.3 Å². The van der Waals surface area contributed by atoms with Gasteiger partial charge in [-0.25, -0.2) is 0 Å². The van der Waals surface area contributed by atoms with Crippen molar-refractivity contribution >= 4 is 0 Å². The molecule has 3 heteroatoms. The van der Waals surface area contributed by atoms with Crippen LogP contribution in [0.4, 0.5) is 4.39 Å². The Labute approximate surface area is 96.6 Å². The van der Waals surface area contributed by atoms with E-state index >= 15 is 0 Å². The van der Waals surface area contributed by atoms with Gasteiger partial charge in [0.2, 0.25) is 0 Å². The largest absolute Gasteiger partial charge is 0.372 e. The number of nitrogens with two attached hydrogens (primary N) is 1. The quantitative estimate of drug-likeness (QED) is 0.807. The third-order valence-corrected chi connectivity index (χ3v) is 3.00. The average molecular weight is 225 g/mol. The summed E-state index contributed by atoms with van der Waals surface area (Å²) < 4.78 is 17.4. The Morgan fingerprint density at radius 1 is 1.31 bits per heavy atom. The number of benzene rings is 1. The predicted octanol–water partition coefficient (Wildman–Crippen LogP) is 2.41. The molecule has 0 aliphatic heterocycles.